The molecule has 0 heterocycles. The Morgan fingerprint density at radius 1 is 0.912 bits per heavy atom. The van der Waals surface area contributed by atoms with Crippen molar-refractivity contribution in [2.45, 2.75) is 38.8 Å². The minimum Gasteiger partial charge on any atom is -0.493 e. The van der Waals surface area contributed by atoms with Crippen LogP contribution in [0.15, 0.2) is 36.4 Å². The molecular weight excluding hydrogens is 438 g/mol. The van der Waals surface area contributed by atoms with Gasteiger partial charge < -0.3 is 30.2 Å². The van der Waals surface area contributed by atoms with Gasteiger partial charge in [-0.25, -0.2) is 0 Å². The molecule has 182 valence electrons. The van der Waals surface area contributed by atoms with Crippen molar-refractivity contribution in [2.75, 3.05) is 26.6 Å². The van der Waals surface area contributed by atoms with E-state index in [2.05, 4.69) is 16.0 Å². The van der Waals surface area contributed by atoms with Crippen LogP contribution in [0.1, 0.15) is 47.4 Å². The molecule has 1 saturated carbocycles. The molecule has 9 nitrogen and oxygen atoms in total. The Morgan fingerprint density at radius 2 is 1.53 bits per heavy atom. The van der Waals surface area contributed by atoms with Crippen LogP contribution in [-0.4, -0.2) is 51.1 Å². The van der Waals surface area contributed by atoms with Crippen molar-refractivity contribution in [1.29, 1.82) is 0 Å². The number of anilines is 1. The average molecular weight is 470 g/mol. The highest BCUT2D eigenvalue weighted by Gasteiger charge is 2.28. The van der Waals surface area contributed by atoms with E-state index in [0.29, 0.717) is 28.5 Å². The molecule has 1 unspecified atom stereocenters. The van der Waals surface area contributed by atoms with Gasteiger partial charge in [-0.3, -0.25) is 14.4 Å². The number of methoxy groups -OCH3 is 3. The standard InChI is InChI=1S/C25H31N3O6/c1-14(2)21(28-23(29)15-12-19(32-3)22(34-5)20(13-15)33-4)25(31)27-18-9-7-6-8-17(18)24(30)26-16-10-11-16/h6-9,12-14,16,21H,10-11H2,1-5H3,(H,26,30)(H,27,31)(H,28,29). The number of amides is 3. The topological polar surface area (TPSA) is 115 Å². The number of carbonyl (C=O) groups excluding carboxylic acids is 3. The molecule has 1 aliphatic rings. The third-order valence-electron chi connectivity index (χ3n) is 5.50. The Bertz CT molecular complexity index is 1040. The molecule has 1 fully saturated rings. The predicted molar refractivity (Wildman–Crippen MR) is 128 cm³/mol. The van der Waals surface area contributed by atoms with Crippen LogP contribution in [0.5, 0.6) is 17.2 Å². The van der Waals surface area contributed by atoms with Crippen LogP contribution in [0.4, 0.5) is 5.69 Å². The number of ether oxygens (including phenoxy) is 3. The van der Waals surface area contributed by atoms with Crippen LogP contribution in [0.2, 0.25) is 0 Å². The molecule has 0 radical (unpaired) electrons. The van der Waals surface area contributed by atoms with Crippen molar-refractivity contribution in [2.24, 2.45) is 5.92 Å². The van der Waals surface area contributed by atoms with Crippen molar-refractivity contribution in [3.8, 4) is 17.2 Å². The molecule has 0 saturated heterocycles. The van der Waals surface area contributed by atoms with E-state index < -0.39 is 17.9 Å². The van der Waals surface area contributed by atoms with E-state index in [-0.39, 0.29) is 23.4 Å². The highest BCUT2D eigenvalue weighted by Crippen LogP contribution is 2.38. The van der Waals surface area contributed by atoms with E-state index >= 15 is 0 Å². The van der Waals surface area contributed by atoms with Gasteiger partial charge in [0.15, 0.2) is 11.5 Å². The molecule has 0 aliphatic heterocycles. The number of carbonyl (C=O) groups is 3. The number of rotatable bonds is 10. The summed E-state index contributed by atoms with van der Waals surface area (Å²) in [6.07, 6.45) is 1.92. The minimum atomic E-state index is -0.855. The molecule has 1 atom stereocenters. The highest BCUT2D eigenvalue weighted by molar-refractivity contribution is 6.06. The summed E-state index contributed by atoms with van der Waals surface area (Å²) in [5, 5.41) is 8.51. The normalized spacial score (nSPS) is 13.6. The summed E-state index contributed by atoms with van der Waals surface area (Å²) in [4.78, 5) is 38.8. The summed E-state index contributed by atoms with van der Waals surface area (Å²) in [7, 11) is 4.39. The summed E-state index contributed by atoms with van der Waals surface area (Å²) in [5.41, 5.74) is 1.01. The zero-order valence-electron chi connectivity index (χ0n) is 20.1. The number of benzene rings is 2. The Morgan fingerprint density at radius 3 is 2.06 bits per heavy atom. The van der Waals surface area contributed by atoms with Gasteiger partial charge in [-0.05, 0) is 43.0 Å². The van der Waals surface area contributed by atoms with E-state index in [1.165, 1.54) is 33.5 Å². The van der Waals surface area contributed by atoms with Gasteiger partial charge >= 0.3 is 0 Å². The fourth-order valence-electron chi connectivity index (χ4n) is 3.46. The number of nitrogens with one attached hydrogen (secondary N) is 3. The second-order valence-corrected chi connectivity index (χ2v) is 8.39. The van der Waals surface area contributed by atoms with Crippen LogP contribution in [0, 0.1) is 5.92 Å². The monoisotopic (exact) mass is 469 g/mol. The zero-order chi connectivity index (χ0) is 24.8. The molecule has 1 aliphatic carbocycles. The first-order chi connectivity index (χ1) is 16.3. The van der Waals surface area contributed by atoms with Crippen molar-refractivity contribution in [3.05, 3.63) is 47.5 Å². The van der Waals surface area contributed by atoms with Crippen LogP contribution < -0.4 is 30.2 Å². The van der Waals surface area contributed by atoms with E-state index in [4.69, 9.17) is 14.2 Å². The van der Waals surface area contributed by atoms with Crippen LogP contribution in [0.3, 0.4) is 0 Å². The Labute approximate surface area is 199 Å². The lowest BCUT2D eigenvalue weighted by molar-refractivity contribution is -0.118. The lowest BCUT2D eigenvalue weighted by Crippen LogP contribution is -2.47. The number of hydrogen-bond donors (Lipinski definition) is 3. The van der Waals surface area contributed by atoms with Crippen LogP contribution in [-0.2, 0) is 4.79 Å². The first-order valence-corrected chi connectivity index (χ1v) is 11.1. The third-order valence-corrected chi connectivity index (χ3v) is 5.50. The van der Waals surface area contributed by atoms with Gasteiger partial charge in [0, 0.05) is 11.6 Å². The van der Waals surface area contributed by atoms with Crippen molar-refractivity contribution in [3.63, 3.8) is 0 Å². The van der Waals surface area contributed by atoms with Gasteiger partial charge in [-0.15, -0.1) is 0 Å². The summed E-state index contributed by atoms with van der Waals surface area (Å²) in [6.45, 7) is 3.65. The van der Waals surface area contributed by atoms with Gasteiger partial charge in [0.2, 0.25) is 11.7 Å². The second kappa shape index (κ2) is 10.9. The van der Waals surface area contributed by atoms with E-state index in [1.807, 2.05) is 13.8 Å². The van der Waals surface area contributed by atoms with Crippen LogP contribution >= 0.6 is 0 Å². The lowest BCUT2D eigenvalue weighted by Gasteiger charge is -2.23. The summed E-state index contributed by atoms with van der Waals surface area (Å²) in [5.74, 6) is -0.350. The fourth-order valence-corrected chi connectivity index (χ4v) is 3.46. The largest absolute Gasteiger partial charge is 0.493 e. The Balaban J connectivity index is 1.79. The molecule has 0 spiro atoms. The predicted octanol–water partition coefficient (Wildman–Crippen LogP) is 3.00. The van der Waals surface area contributed by atoms with Crippen molar-refractivity contribution >= 4 is 23.4 Å². The van der Waals surface area contributed by atoms with Gasteiger partial charge in [0.25, 0.3) is 11.8 Å². The Hall–Kier alpha value is -3.75. The van der Waals surface area contributed by atoms with E-state index in [0.717, 1.165) is 12.8 Å². The lowest BCUT2D eigenvalue weighted by atomic mass is 10.0. The fraction of sp³-hybridized carbons (Fsp3) is 0.400. The molecule has 3 rings (SSSR count). The van der Waals surface area contributed by atoms with Gasteiger partial charge in [0.05, 0.1) is 32.6 Å². The third kappa shape index (κ3) is 5.78. The highest BCUT2D eigenvalue weighted by atomic mass is 16.5. The molecule has 3 N–H and O–H groups in total. The van der Waals surface area contributed by atoms with Crippen molar-refractivity contribution < 1.29 is 28.6 Å². The molecule has 3 amide bonds. The minimum absolute atomic E-state index is 0.192. The van der Waals surface area contributed by atoms with Gasteiger partial charge in [0.1, 0.15) is 6.04 Å². The first kappa shape index (κ1) is 24.9. The summed E-state index contributed by atoms with van der Waals surface area (Å²) < 4.78 is 15.9. The second-order valence-electron chi connectivity index (χ2n) is 8.39. The number of hydrogen-bond acceptors (Lipinski definition) is 6. The van der Waals surface area contributed by atoms with E-state index in [9.17, 15) is 14.4 Å². The molecule has 34 heavy (non-hydrogen) atoms. The average Bonchev–Trinajstić information content (AvgIpc) is 3.65. The number of para-hydroxylation sites is 1. The summed E-state index contributed by atoms with van der Waals surface area (Å²) >= 11 is 0. The molecule has 0 bridgehead atoms. The van der Waals surface area contributed by atoms with Gasteiger partial charge in [-0.2, -0.15) is 0 Å². The molecule has 0 aromatic heterocycles. The molecule has 2 aromatic carbocycles. The van der Waals surface area contributed by atoms with Crippen LogP contribution in [0.25, 0.3) is 0 Å². The first-order valence-electron chi connectivity index (χ1n) is 11.1. The maximum Gasteiger partial charge on any atom is 0.253 e. The molecular formula is C25H31N3O6. The molecule has 2 aromatic rings. The SMILES string of the molecule is COc1cc(C(=O)NC(C(=O)Nc2ccccc2C(=O)NC2CC2)C(C)C)cc(OC)c1OC. The van der Waals surface area contributed by atoms with Crippen molar-refractivity contribution in [1.82, 2.24) is 10.6 Å². The smallest absolute Gasteiger partial charge is 0.253 e. The van der Waals surface area contributed by atoms with Gasteiger partial charge in [-0.1, -0.05) is 26.0 Å². The maximum absolute atomic E-state index is 13.2. The summed E-state index contributed by atoms with van der Waals surface area (Å²) in [6, 6.07) is 9.17. The Kier molecular flexibility index (Phi) is 7.99. The maximum atomic E-state index is 13.2. The quantitative estimate of drug-likeness (QED) is 0.493. The molecule has 9 heteroatoms. The zero-order valence-corrected chi connectivity index (χ0v) is 20.1. The van der Waals surface area contributed by atoms with E-state index in [1.54, 1.807) is 24.3 Å².